The molecule has 0 aliphatic heterocycles. The molecule has 0 unspecified atom stereocenters. The molecule has 2 aliphatic carbocycles. The molecule has 0 spiro atoms. The molecule has 2 saturated carbocycles. The molecule has 494 valence electrons. The average molecular weight is 1340 g/mol. The summed E-state index contributed by atoms with van der Waals surface area (Å²) in [4.78, 5) is 124. The van der Waals surface area contributed by atoms with Crippen LogP contribution in [-0.4, -0.2) is 165 Å². The third kappa shape index (κ3) is 21.0. The van der Waals surface area contributed by atoms with Gasteiger partial charge in [-0.3, -0.25) is 28.8 Å². The third-order valence-corrected chi connectivity index (χ3v) is 14.3. The van der Waals surface area contributed by atoms with Crippen LogP contribution in [0, 0.1) is 0 Å². The zero-order chi connectivity index (χ0) is 68.0. The van der Waals surface area contributed by atoms with Crippen LogP contribution in [0.4, 0.5) is 61.5 Å². The van der Waals surface area contributed by atoms with Crippen LogP contribution < -0.4 is 41.4 Å². The van der Waals surface area contributed by atoms with Gasteiger partial charge in [0.05, 0.1) is 18.2 Å². The first-order valence-corrected chi connectivity index (χ1v) is 28.7. The van der Waals surface area contributed by atoms with E-state index in [2.05, 4.69) is 61.8 Å². The Bertz CT molecular complexity index is 3700. The number of aromatic nitrogens is 6. The van der Waals surface area contributed by atoms with E-state index in [1.54, 1.807) is 24.3 Å². The number of hydrogen-bond donors (Lipinski definition) is 7. The standard InChI is InChI=1S/C30H31ClF3N7O6.C29H29ClF3N7O6/c1-41(2)24(44)22(42)13-12-21(25(45)46-3)36-23(43)17-4-10-20(11-5-17)35-26-37-27(39-28(38-26)47-16-30(32,33)34)40-29(14-15-29)18-6-8-19(31)9-7-18;1-40(2)23(43)21(41)12-11-20(24(44)45)35-22(42)16-3-9-19(10-4-16)34-25-36-26(38-27(37-25)46-15-29(31,32)33)39-28(13-14-28)17-5-7-18(30)8-6-17/h4-11,21H,12-16H2,1-3H3,(H,36,43)(H2,35,37,38,39,40);3-10,20H,11-15H2,1-2H3,(H,35,42)(H,44,45)(H2,34,36,37,38,39)/t21-;20-/m00/s1. The van der Waals surface area contributed by atoms with E-state index >= 15 is 0 Å². The molecule has 2 aliphatic rings. The van der Waals surface area contributed by atoms with Gasteiger partial charge in [0.25, 0.3) is 23.6 Å². The molecule has 26 nitrogen and oxygen atoms in total. The monoisotopic (exact) mass is 1340 g/mol. The number of halogens is 8. The number of nitrogens with one attached hydrogen (secondary N) is 6. The summed E-state index contributed by atoms with van der Waals surface area (Å²) in [5.41, 5.74) is 1.57. The van der Waals surface area contributed by atoms with Crippen molar-refractivity contribution in [3.05, 3.63) is 129 Å². The summed E-state index contributed by atoms with van der Waals surface area (Å²) < 4.78 is 91.5. The number of likely N-dealkylation sites (N-methyl/N-ethyl adjacent to an activating group) is 2. The Morgan fingerprint density at radius 3 is 1.19 bits per heavy atom. The van der Waals surface area contributed by atoms with Crippen LogP contribution >= 0.6 is 23.2 Å². The quantitative estimate of drug-likeness (QED) is 0.0139. The molecular weight excluding hydrogens is 1280 g/mol. The van der Waals surface area contributed by atoms with Crippen molar-refractivity contribution in [1.29, 1.82) is 0 Å². The fraction of sp³-hybridized carbons (Fsp3) is 0.356. The SMILES string of the molecule is CN(C)C(=O)C(=O)CC[C@H](NC(=O)c1ccc(Nc2nc(NC3(c4ccc(Cl)cc4)CC3)nc(OCC(F)(F)F)n2)cc1)C(=O)O.COC(=O)[C@H](CCC(=O)C(=O)N(C)C)NC(=O)c1ccc(Nc2nc(NC3(c4ccc(Cl)cc4)CC3)nc(OCC(F)(F)F)n2)cc1. The van der Waals surface area contributed by atoms with E-state index in [0.29, 0.717) is 47.1 Å². The summed E-state index contributed by atoms with van der Waals surface area (Å²) in [5, 5.41) is 27.4. The van der Waals surface area contributed by atoms with E-state index < -0.39 is 108 Å². The first kappa shape index (κ1) is 70.5. The number of aliphatic carboxylic acids is 1. The highest BCUT2D eigenvalue weighted by Crippen LogP contribution is 2.49. The summed E-state index contributed by atoms with van der Waals surface area (Å²) in [6.45, 7) is -3.24. The number of esters is 1. The third-order valence-electron chi connectivity index (χ3n) is 13.8. The number of methoxy groups -OCH3 is 1. The summed E-state index contributed by atoms with van der Waals surface area (Å²) in [7, 11) is 6.74. The molecule has 8 rings (SSSR count). The largest absolute Gasteiger partial charge is 0.480 e. The van der Waals surface area contributed by atoms with Crippen molar-refractivity contribution in [1.82, 2.24) is 50.3 Å². The predicted octanol–water partition coefficient (Wildman–Crippen LogP) is 7.95. The van der Waals surface area contributed by atoms with Crippen LogP contribution in [0.1, 0.15) is 83.2 Å². The normalized spacial score (nSPS) is 14.0. The van der Waals surface area contributed by atoms with Crippen molar-refractivity contribution in [3.63, 3.8) is 0 Å². The molecule has 0 saturated heterocycles. The first-order chi connectivity index (χ1) is 43.8. The lowest BCUT2D eigenvalue weighted by Gasteiger charge is -2.19. The fourth-order valence-electron chi connectivity index (χ4n) is 8.61. The Labute approximate surface area is 535 Å². The van der Waals surface area contributed by atoms with E-state index in [4.69, 9.17) is 37.4 Å². The predicted molar refractivity (Wildman–Crippen MR) is 322 cm³/mol. The Morgan fingerprint density at radius 1 is 0.527 bits per heavy atom. The molecular formula is C59H60Cl2F6N14O12. The van der Waals surface area contributed by atoms with Gasteiger partial charge in [-0.15, -0.1) is 0 Å². The van der Waals surface area contributed by atoms with Crippen LogP contribution in [0.5, 0.6) is 12.0 Å². The van der Waals surface area contributed by atoms with Crippen molar-refractivity contribution < 1.29 is 84.0 Å². The minimum Gasteiger partial charge on any atom is -0.480 e. The van der Waals surface area contributed by atoms with Crippen LogP contribution in [0.25, 0.3) is 0 Å². The Balaban J connectivity index is 0.000000264. The summed E-state index contributed by atoms with van der Waals surface area (Å²) >= 11 is 12.0. The smallest absolute Gasteiger partial charge is 0.422 e. The molecule has 34 heteroatoms. The number of carbonyl (C=O) groups is 8. The average Bonchev–Trinajstić information content (AvgIpc) is 1.63. The van der Waals surface area contributed by atoms with Gasteiger partial charge in [-0.05, 0) is 122 Å². The fourth-order valence-corrected chi connectivity index (χ4v) is 8.86. The van der Waals surface area contributed by atoms with Crippen molar-refractivity contribution in [3.8, 4) is 12.0 Å². The van der Waals surface area contributed by atoms with Crippen molar-refractivity contribution in [2.75, 3.05) is 69.8 Å². The summed E-state index contributed by atoms with van der Waals surface area (Å²) in [6.07, 6.45) is -7.55. The molecule has 4 amide bonds. The molecule has 7 N–H and O–H groups in total. The van der Waals surface area contributed by atoms with Gasteiger partial charge in [0.2, 0.25) is 35.4 Å². The van der Waals surface area contributed by atoms with Gasteiger partial charge < -0.3 is 61.0 Å². The second-order valence-electron chi connectivity index (χ2n) is 21.4. The van der Waals surface area contributed by atoms with Crippen LogP contribution in [-0.2, 0) is 44.6 Å². The molecule has 2 atom stereocenters. The van der Waals surface area contributed by atoms with Gasteiger partial charge in [-0.1, -0.05) is 47.5 Å². The number of nitrogens with zero attached hydrogens (tertiary/aromatic N) is 8. The van der Waals surface area contributed by atoms with E-state index in [0.717, 1.165) is 28.0 Å². The van der Waals surface area contributed by atoms with Gasteiger partial charge in [-0.25, -0.2) is 9.59 Å². The van der Waals surface area contributed by atoms with Gasteiger partial charge >= 0.3 is 36.3 Å². The Hall–Kier alpha value is -9.98. The number of alkyl halides is 6. The van der Waals surface area contributed by atoms with Crippen LogP contribution in [0.15, 0.2) is 97.1 Å². The van der Waals surface area contributed by atoms with Crippen molar-refractivity contribution >= 4 is 106 Å². The lowest BCUT2D eigenvalue weighted by Crippen LogP contribution is -2.42. The number of amides is 4. The topological polar surface area (TPSA) is 340 Å². The number of Topliss-reactive ketones (excluding diaryl/α,β-unsaturated/α-hetero) is 2. The Morgan fingerprint density at radius 2 is 0.871 bits per heavy atom. The maximum absolute atomic E-state index is 12.9. The second kappa shape index (κ2) is 30.4. The summed E-state index contributed by atoms with van der Waals surface area (Å²) in [5.74, 6) is -6.99. The minimum atomic E-state index is -4.63. The van der Waals surface area contributed by atoms with E-state index in [1.807, 2.05) is 24.3 Å². The molecule has 2 aromatic heterocycles. The second-order valence-corrected chi connectivity index (χ2v) is 22.3. The number of ether oxygens (including phenoxy) is 3. The zero-order valence-electron chi connectivity index (χ0n) is 50.0. The number of carboxylic acid groups (broad SMARTS) is 1. The molecule has 0 radical (unpaired) electrons. The van der Waals surface area contributed by atoms with Crippen LogP contribution in [0.3, 0.4) is 0 Å². The van der Waals surface area contributed by atoms with E-state index in [1.165, 1.54) is 76.7 Å². The molecule has 2 heterocycles. The minimum absolute atomic E-state index is 0.0252. The van der Waals surface area contributed by atoms with Gasteiger partial charge in [0, 0.05) is 73.6 Å². The maximum Gasteiger partial charge on any atom is 0.422 e. The molecule has 6 aromatic rings. The molecule has 2 fully saturated rings. The highest BCUT2D eigenvalue weighted by molar-refractivity contribution is 6.36. The van der Waals surface area contributed by atoms with Gasteiger partial charge in [0.1, 0.15) is 12.1 Å². The number of carbonyl (C=O) groups excluding carboxylic acids is 7. The molecule has 0 bridgehead atoms. The zero-order valence-corrected chi connectivity index (χ0v) is 51.5. The number of carboxylic acids is 1. The van der Waals surface area contributed by atoms with Gasteiger partial charge in [-0.2, -0.15) is 56.2 Å². The van der Waals surface area contributed by atoms with Crippen LogP contribution in [0.2, 0.25) is 10.0 Å². The highest BCUT2D eigenvalue weighted by atomic mass is 35.5. The Kier molecular flexibility index (Phi) is 23.1. The number of benzene rings is 4. The lowest BCUT2D eigenvalue weighted by molar-refractivity contribution is -0.155. The maximum atomic E-state index is 12.9. The number of ketones is 2. The van der Waals surface area contributed by atoms with Crippen molar-refractivity contribution in [2.45, 2.75) is 86.9 Å². The molecule has 93 heavy (non-hydrogen) atoms. The lowest BCUT2D eigenvalue weighted by atomic mass is 10.1. The first-order valence-electron chi connectivity index (χ1n) is 28.0. The number of anilines is 6. The molecule has 4 aromatic carbocycles. The van der Waals surface area contributed by atoms with Crippen molar-refractivity contribution in [2.24, 2.45) is 0 Å². The van der Waals surface area contributed by atoms with E-state index in [9.17, 15) is 69.8 Å². The number of hydrogen-bond acceptors (Lipinski definition) is 21. The van der Waals surface area contributed by atoms with E-state index in [-0.39, 0.29) is 60.6 Å². The highest BCUT2D eigenvalue weighted by Gasteiger charge is 2.46. The van der Waals surface area contributed by atoms with Gasteiger partial charge in [0.15, 0.2) is 13.2 Å². The number of rotatable bonds is 28. The summed E-state index contributed by atoms with van der Waals surface area (Å²) in [6, 6.07) is 21.8.